The Hall–Kier alpha value is -1.30. The van der Waals surface area contributed by atoms with E-state index in [4.69, 9.17) is 5.73 Å². The third-order valence-corrected chi connectivity index (χ3v) is 3.66. The maximum Gasteiger partial charge on any atom is 0.257 e. The zero-order chi connectivity index (χ0) is 11.5. The molecule has 6 heteroatoms. The monoisotopic (exact) mass is 240 g/mol. The van der Waals surface area contributed by atoms with Gasteiger partial charge >= 0.3 is 0 Å². The van der Waals surface area contributed by atoms with E-state index in [-0.39, 0.29) is 5.91 Å². The largest absolute Gasteiger partial charge is 0.382 e. The number of nitrogens with one attached hydrogen (secondary N) is 2. The highest BCUT2D eigenvalue weighted by atomic mass is 32.1. The van der Waals surface area contributed by atoms with Gasteiger partial charge in [-0.3, -0.25) is 4.79 Å². The van der Waals surface area contributed by atoms with Crippen LogP contribution in [0, 0.1) is 0 Å². The highest BCUT2D eigenvalue weighted by Gasteiger charge is 2.22. The molecule has 1 fully saturated rings. The molecule has 1 amide bonds. The van der Waals surface area contributed by atoms with Crippen molar-refractivity contribution in [2.24, 2.45) is 0 Å². The summed E-state index contributed by atoms with van der Waals surface area (Å²) in [4.78, 5) is 11.6. The number of carbonyl (C=O) groups excluding carboxylic acids is 1. The molecule has 0 unspecified atom stereocenters. The van der Waals surface area contributed by atoms with Crippen molar-refractivity contribution in [2.45, 2.75) is 31.7 Å². The number of nitrogens with zero attached hydrogens (tertiary/aromatic N) is 1. The van der Waals surface area contributed by atoms with Crippen molar-refractivity contribution in [1.82, 2.24) is 9.69 Å². The van der Waals surface area contributed by atoms with E-state index in [0.717, 1.165) is 17.8 Å². The molecule has 0 aliphatic heterocycles. The van der Waals surface area contributed by atoms with E-state index in [1.807, 2.05) is 0 Å². The van der Waals surface area contributed by atoms with Gasteiger partial charge in [-0.15, -0.1) is 0 Å². The number of hydrogen-bond donors (Lipinski definition) is 3. The first-order chi connectivity index (χ1) is 7.72. The predicted octanol–water partition coefficient (Wildman–Crippen LogP) is 1.44. The van der Waals surface area contributed by atoms with Gasteiger partial charge in [0.1, 0.15) is 10.6 Å². The minimum Gasteiger partial charge on any atom is -0.382 e. The summed E-state index contributed by atoms with van der Waals surface area (Å²) in [6.07, 6.45) is 4.82. The maximum absolute atomic E-state index is 11.6. The summed E-state index contributed by atoms with van der Waals surface area (Å²) < 4.78 is 4.02. The van der Waals surface area contributed by atoms with Crippen LogP contribution < -0.4 is 16.4 Å². The Morgan fingerprint density at radius 2 is 2.19 bits per heavy atom. The third kappa shape index (κ3) is 2.11. The van der Waals surface area contributed by atoms with Crippen molar-refractivity contribution in [3.05, 3.63) is 5.56 Å². The van der Waals surface area contributed by atoms with Crippen LogP contribution in [0.1, 0.15) is 36.0 Å². The van der Waals surface area contributed by atoms with E-state index < -0.39 is 0 Å². The fourth-order valence-corrected chi connectivity index (χ4v) is 2.79. The molecule has 1 aliphatic carbocycles. The van der Waals surface area contributed by atoms with E-state index in [9.17, 15) is 4.79 Å². The second-order valence-corrected chi connectivity index (χ2v) is 4.75. The molecule has 0 atom stereocenters. The quantitative estimate of drug-likeness (QED) is 0.747. The molecule has 0 bridgehead atoms. The predicted molar refractivity (Wildman–Crippen MR) is 65.8 cm³/mol. The van der Waals surface area contributed by atoms with Gasteiger partial charge in [0.25, 0.3) is 5.91 Å². The molecule has 0 saturated heterocycles. The highest BCUT2D eigenvalue weighted by Crippen LogP contribution is 2.30. The van der Waals surface area contributed by atoms with Gasteiger partial charge in [-0.05, 0) is 24.4 Å². The molecule has 1 aliphatic rings. The van der Waals surface area contributed by atoms with Crippen LogP contribution in [-0.4, -0.2) is 23.4 Å². The molecule has 1 aromatic rings. The van der Waals surface area contributed by atoms with Gasteiger partial charge in [-0.2, -0.15) is 4.37 Å². The van der Waals surface area contributed by atoms with Crippen LogP contribution in [0.4, 0.5) is 10.8 Å². The lowest BCUT2D eigenvalue weighted by Crippen LogP contribution is -2.22. The molecule has 0 spiro atoms. The van der Waals surface area contributed by atoms with E-state index >= 15 is 0 Å². The van der Waals surface area contributed by atoms with E-state index in [1.54, 1.807) is 7.05 Å². The Labute approximate surface area is 98.6 Å². The number of aromatic nitrogens is 1. The molecule has 1 aromatic heterocycles. The van der Waals surface area contributed by atoms with Crippen molar-refractivity contribution in [2.75, 3.05) is 18.1 Å². The second-order valence-electron chi connectivity index (χ2n) is 3.98. The van der Waals surface area contributed by atoms with Crippen LogP contribution in [0.3, 0.4) is 0 Å². The molecule has 1 heterocycles. The van der Waals surface area contributed by atoms with Gasteiger partial charge in [0.15, 0.2) is 5.82 Å². The van der Waals surface area contributed by atoms with Crippen molar-refractivity contribution in [3.8, 4) is 0 Å². The number of nitrogens with two attached hydrogens (primary N) is 1. The number of nitrogen functional groups attached to an aromatic ring is 1. The normalized spacial score (nSPS) is 16.3. The summed E-state index contributed by atoms with van der Waals surface area (Å²) in [5.74, 6) is 0.136. The van der Waals surface area contributed by atoms with Gasteiger partial charge in [0.05, 0.1) is 0 Å². The minimum absolute atomic E-state index is 0.174. The maximum atomic E-state index is 11.6. The average molecular weight is 240 g/mol. The second kappa shape index (κ2) is 4.69. The molecule has 88 valence electrons. The molecule has 16 heavy (non-hydrogen) atoms. The van der Waals surface area contributed by atoms with Crippen LogP contribution in [0.25, 0.3) is 0 Å². The van der Waals surface area contributed by atoms with Gasteiger partial charge in [0, 0.05) is 13.1 Å². The molecule has 0 aromatic carbocycles. The van der Waals surface area contributed by atoms with E-state index in [0.29, 0.717) is 17.4 Å². The Bertz CT molecular complexity index is 384. The summed E-state index contributed by atoms with van der Waals surface area (Å²) in [7, 11) is 1.60. The van der Waals surface area contributed by atoms with Crippen LogP contribution in [0.15, 0.2) is 0 Å². The summed E-state index contributed by atoms with van der Waals surface area (Å²) in [5.41, 5.74) is 6.18. The number of amides is 1. The topological polar surface area (TPSA) is 80.0 Å². The number of carbonyl (C=O) groups is 1. The molecule has 0 radical (unpaired) electrons. The van der Waals surface area contributed by atoms with Crippen molar-refractivity contribution >= 4 is 28.3 Å². The SMILES string of the molecule is CNC(=O)c1c(N)nsc1NC1CCCC1. The third-order valence-electron chi connectivity index (χ3n) is 2.86. The molecule has 1 saturated carbocycles. The van der Waals surface area contributed by atoms with Gasteiger partial charge in [-0.25, -0.2) is 0 Å². The Balaban J connectivity index is 2.16. The first-order valence-corrected chi connectivity index (χ1v) is 6.23. The van der Waals surface area contributed by atoms with Crippen LogP contribution in [0.2, 0.25) is 0 Å². The number of hydrogen-bond acceptors (Lipinski definition) is 5. The Morgan fingerprint density at radius 1 is 1.50 bits per heavy atom. The van der Waals surface area contributed by atoms with Crippen LogP contribution in [0.5, 0.6) is 0 Å². The highest BCUT2D eigenvalue weighted by molar-refractivity contribution is 7.11. The zero-order valence-corrected chi connectivity index (χ0v) is 10.1. The van der Waals surface area contributed by atoms with Gasteiger partial charge in [0.2, 0.25) is 0 Å². The number of anilines is 2. The van der Waals surface area contributed by atoms with Crippen molar-refractivity contribution < 1.29 is 4.79 Å². The van der Waals surface area contributed by atoms with Crippen LogP contribution >= 0.6 is 11.5 Å². The first kappa shape index (κ1) is 11.2. The summed E-state index contributed by atoms with van der Waals surface area (Å²) in [6.45, 7) is 0. The van der Waals surface area contributed by atoms with Gasteiger partial charge in [-0.1, -0.05) is 12.8 Å². The Kier molecular flexibility index (Phi) is 3.28. The lowest BCUT2D eigenvalue weighted by Gasteiger charge is -2.12. The molecular formula is C10H16N4OS. The van der Waals surface area contributed by atoms with Gasteiger partial charge < -0.3 is 16.4 Å². The summed E-state index contributed by atoms with van der Waals surface area (Å²) in [5, 5.41) is 6.74. The Morgan fingerprint density at radius 3 is 2.81 bits per heavy atom. The first-order valence-electron chi connectivity index (χ1n) is 5.46. The molecule has 5 nitrogen and oxygen atoms in total. The zero-order valence-electron chi connectivity index (χ0n) is 9.25. The summed E-state index contributed by atoms with van der Waals surface area (Å²) >= 11 is 1.26. The summed E-state index contributed by atoms with van der Waals surface area (Å²) in [6, 6.07) is 0.461. The fraction of sp³-hybridized carbons (Fsp3) is 0.600. The minimum atomic E-state index is -0.174. The fourth-order valence-electron chi connectivity index (χ4n) is 2.00. The van der Waals surface area contributed by atoms with E-state index in [1.165, 1.54) is 24.4 Å². The smallest absolute Gasteiger partial charge is 0.257 e. The standard InChI is InChI=1S/C10H16N4OS/c1-12-9(15)7-8(11)14-16-10(7)13-6-4-2-3-5-6/h6,13H,2-5H2,1H3,(H2,11,14)(H,12,15). The number of rotatable bonds is 3. The van der Waals surface area contributed by atoms with Crippen molar-refractivity contribution in [3.63, 3.8) is 0 Å². The molecule has 4 N–H and O–H groups in total. The lowest BCUT2D eigenvalue weighted by molar-refractivity contribution is 0.0965. The molecule has 2 rings (SSSR count). The van der Waals surface area contributed by atoms with Crippen LogP contribution in [-0.2, 0) is 0 Å². The average Bonchev–Trinajstić information content (AvgIpc) is 2.89. The van der Waals surface area contributed by atoms with E-state index in [2.05, 4.69) is 15.0 Å². The lowest BCUT2D eigenvalue weighted by atomic mass is 10.2. The van der Waals surface area contributed by atoms with Crippen molar-refractivity contribution in [1.29, 1.82) is 0 Å². The molecular weight excluding hydrogens is 224 g/mol.